The molecule has 0 amide bonds. The largest absolute Gasteiger partial charge is 0.317 e. The van der Waals surface area contributed by atoms with Gasteiger partial charge in [-0.1, -0.05) is 11.3 Å². The number of aromatic nitrogens is 3. The molecule has 0 unspecified atom stereocenters. The lowest BCUT2D eigenvalue weighted by molar-refractivity contribution is 0.168. The molecule has 1 aliphatic carbocycles. The molecule has 2 aromatic heterocycles. The molecule has 3 rings (SSSR count). The predicted octanol–water partition coefficient (Wildman–Crippen LogP) is 1.11. The first-order valence-electron chi connectivity index (χ1n) is 7.37. The topological polar surface area (TPSA) is 62.5 Å². The molecule has 0 saturated heterocycles. The zero-order chi connectivity index (χ0) is 14.8. The summed E-state index contributed by atoms with van der Waals surface area (Å²) >= 11 is 1.40. The van der Waals surface area contributed by atoms with Crippen molar-refractivity contribution in [2.45, 2.75) is 44.3 Å². The number of hydrogen-bond donors (Lipinski definition) is 1. The standard InChI is InChI=1S/C14H21N5OS/c1-15-10-3-5-12(6-4-10)18(2)8-11-7-13(20)19-14(17-11)21-9-16-19/h7,9-10,12,15H,3-6,8H2,1-2H3. The van der Waals surface area contributed by atoms with Gasteiger partial charge in [0.2, 0.25) is 4.96 Å². The highest BCUT2D eigenvalue weighted by Crippen LogP contribution is 2.23. The second-order valence-electron chi connectivity index (χ2n) is 5.73. The molecule has 6 nitrogen and oxygen atoms in total. The van der Waals surface area contributed by atoms with E-state index in [1.54, 1.807) is 11.6 Å². The maximum atomic E-state index is 11.9. The molecule has 1 N–H and O–H groups in total. The molecular weight excluding hydrogens is 286 g/mol. The van der Waals surface area contributed by atoms with E-state index < -0.39 is 0 Å². The van der Waals surface area contributed by atoms with Crippen LogP contribution in [0.2, 0.25) is 0 Å². The van der Waals surface area contributed by atoms with E-state index in [0.29, 0.717) is 17.0 Å². The zero-order valence-corrected chi connectivity index (χ0v) is 13.3. The smallest absolute Gasteiger partial charge is 0.275 e. The van der Waals surface area contributed by atoms with Crippen LogP contribution in [-0.4, -0.2) is 45.7 Å². The van der Waals surface area contributed by atoms with E-state index in [1.165, 1.54) is 41.5 Å². The van der Waals surface area contributed by atoms with Gasteiger partial charge in [-0.05, 0) is 39.8 Å². The first kappa shape index (κ1) is 14.6. The van der Waals surface area contributed by atoms with Gasteiger partial charge in [0.15, 0.2) is 0 Å². The van der Waals surface area contributed by atoms with E-state index in [2.05, 4.69) is 27.3 Å². The fourth-order valence-corrected chi connectivity index (χ4v) is 3.71. The van der Waals surface area contributed by atoms with E-state index in [4.69, 9.17) is 0 Å². The minimum Gasteiger partial charge on any atom is -0.317 e. The van der Waals surface area contributed by atoms with Gasteiger partial charge in [0.1, 0.15) is 5.51 Å². The summed E-state index contributed by atoms with van der Waals surface area (Å²) < 4.78 is 1.35. The van der Waals surface area contributed by atoms with Gasteiger partial charge in [0.25, 0.3) is 5.56 Å². The number of hydrogen-bond acceptors (Lipinski definition) is 6. The van der Waals surface area contributed by atoms with Crippen molar-refractivity contribution < 1.29 is 0 Å². The van der Waals surface area contributed by atoms with Crippen LogP contribution in [0, 0.1) is 0 Å². The minimum atomic E-state index is -0.0939. The highest BCUT2D eigenvalue weighted by atomic mass is 32.1. The molecule has 2 aromatic rings. The molecule has 7 heteroatoms. The molecule has 2 heterocycles. The number of rotatable bonds is 4. The molecule has 114 valence electrons. The van der Waals surface area contributed by atoms with Crippen LogP contribution in [-0.2, 0) is 6.54 Å². The van der Waals surface area contributed by atoms with Crippen LogP contribution in [0.25, 0.3) is 4.96 Å². The van der Waals surface area contributed by atoms with E-state index >= 15 is 0 Å². The monoisotopic (exact) mass is 307 g/mol. The third-order valence-electron chi connectivity index (χ3n) is 4.38. The van der Waals surface area contributed by atoms with E-state index in [1.807, 2.05) is 7.05 Å². The molecule has 0 aliphatic heterocycles. The highest BCUT2D eigenvalue weighted by Gasteiger charge is 2.23. The summed E-state index contributed by atoms with van der Waals surface area (Å²) in [5.41, 5.74) is 2.39. The molecule has 0 bridgehead atoms. The van der Waals surface area contributed by atoms with Gasteiger partial charge < -0.3 is 5.32 Å². The molecule has 1 saturated carbocycles. The van der Waals surface area contributed by atoms with Crippen molar-refractivity contribution in [3.63, 3.8) is 0 Å². The summed E-state index contributed by atoms with van der Waals surface area (Å²) in [7, 11) is 4.16. The van der Waals surface area contributed by atoms with Crippen molar-refractivity contribution in [3.05, 3.63) is 27.6 Å². The van der Waals surface area contributed by atoms with Crippen LogP contribution in [0.1, 0.15) is 31.4 Å². The van der Waals surface area contributed by atoms with Crippen LogP contribution < -0.4 is 10.9 Å². The van der Waals surface area contributed by atoms with Gasteiger partial charge in [-0.3, -0.25) is 9.69 Å². The second kappa shape index (κ2) is 6.21. The molecule has 1 aliphatic rings. The predicted molar refractivity (Wildman–Crippen MR) is 83.7 cm³/mol. The van der Waals surface area contributed by atoms with Crippen molar-refractivity contribution in [3.8, 4) is 0 Å². The van der Waals surface area contributed by atoms with E-state index in [-0.39, 0.29) is 5.56 Å². The molecule has 1 fully saturated rings. The summed E-state index contributed by atoms with van der Waals surface area (Å²) in [6, 6.07) is 2.84. The SMILES string of the molecule is CNC1CCC(N(C)Cc2cc(=O)n3ncsc3n2)CC1. The molecular formula is C14H21N5OS. The third kappa shape index (κ3) is 3.14. The van der Waals surface area contributed by atoms with Gasteiger partial charge in [0, 0.05) is 24.7 Å². The lowest BCUT2D eigenvalue weighted by Crippen LogP contribution is -2.39. The van der Waals surface area contributed by atoms with Crippen LogP contribution in [0.4, 0.5) is 0 Å². The Morgan fingerprint density at radius 1 is 1.43 bits per heavy atom. The lowest BCUT2D eigenvalue weighted by atomic mass is 9.90. The maximum absolute atomic E-state index is 11.9. The summed E-state index contributed by atoms with van der Waals surface area (Å²) in [6.07, 6.45) is 4.83. The Balaban J connectivity index is 1.68. The Morgan fingerprint density at radius 3 is 2.90 bits per heavy atom. The average molecular weight is 307 g/mol. The Kier molecular flexibility index (Phi) is 4.32. The third-order valence-corrected chi connectivity index (χ3v) is 5.05. The normalized spacial score (nSPS) is 23.0. The van der Waals surface area contributed by atoms with Crippen molar-refractivity contribution in [1.82, 2.24) is 24.8 Å². The zero-order valence-electron chi connectivity index (χ0n) is 12.5. The summed E-state index contributed by atoms with van der Waals surface area (Å²) in [5.74, 6) is 0. The fraction of sp³-hybridized carbons (Fsp3) is 0.643. The molecule has 0 spiro atoms. The Morgan fingerprint density at radius 2 is 2.19 bits per heavy atom. The molecule has 21 heavy (non-hydrogen) atoms. The van der Waals surface area contributed by atoms with Crippen molar-refractivity contribution >= 4 is 16.3 Å². The number of nitrogens with zero attached hydrogens (tertiary/aromatic N) is 4. The van der Waals surface area contributed by atoms with Gasteiger partial charge in [0.05, 0.1) is 5.69 Å². The first-order valence-corrected chi connectivity index (χ1v) is 8.25. The lowest BCUT2D eigenvalue weighted by Gasteiger charge is -2.34. The minimum absolute atomic E-state index is 0.0939. The van der Waals surface area contributed by atoms with E-state index in [0.717, 1.165) is 12.2 Å². The van der Waals surface area contributed by atoms with Crippen LogP contribution in [0.15, 0.2) is 16.4 Å². The number of nitrogens with one attached hydrogen (secondary N) is 1. The fourth-order valence-electron chi connectivity index (χ4n) is 3.07. The number of fused-ring (bicyclic) bond motifs is 1. The second-order valence-corrected chi connectivity index (χ2v) is 6.54. The van der Waals surface area contributed by atoms with E-state index in [9.17, 15) is 4.79 Å². The Hall–Kier alpha value is -1.31. The van der Waals surface area contributed by atoms with Gasteiger partial charge in [-0.15, -0.1) is 0 Å². The summed E-state index contributed by atoms with van der Waals surface area (Å²) in [4.78, 5) is 19.5. The summed E-state index contributed by atoms with van der Waals surface area (Å²) in [6.45, 7) is 0.721. The molecule has 0 atom stereocenters. The van der Waals surface area contributed by atoms with Crippen molar-refractivity contribution in [1.29, 1.82) is 0 Å². The van der Waals surface area contributed by atoms with Crippen LogP contribution >= 0.6 is 11.3 Å². The molecule has 0 radical (unpaired) electrons. The van der Waals surface area contributed by atoms with Gasteiger partial charge in [-0.25, -0.2) is 4.98 Å². The van der Waals surface area contributed by atoms with Gasteiger partial charge in [-0.2, -0.15) is 9.61 Å². The molecule has 0 aromatic carbocycles. The van der Waals surface area contributed by atoms with Crippen LogP contribution in [0.3, 0.4) is 0 Å². The van der Waals surface area contributed by atoms with Crippen LogP contribution in [0.5, 0.6) is 0 Å². The maximum Gasteiger partial charge on any atom is 0.275 e. The average Bonchev–Trinajstić information content (AvgIpc) is 2.96. The Labute approximate surface area is 127 Å². The quantitative estimate of drug-likeness (QED) is 0.917. The Bertz CT molecular complexity index is 659. The van der Waals surface area contributed by atoms with Crippen molar-refractivity contribution in [2.75, 3.05) is 14.1 Å². The van der Waals surface area contributed by atoms with Crippen molar-refractivity contribution in [2.24, 2.45) is 0 Å². The highest BCUT2D eigenvalue weighted by molar-refractivity contribution is 7.14. The summed E-state index contributed by atoms with van der Waals surface area (Å²) in [5, 5.41) is 7.34. The first-order chi connectivity index (χ1) is 10.2. The van der Waals surface area contributed by atoms with Gasteiger partial charge >= 0.3 is 0 Å².